The highest BCUT2D eigenvalue weighted by atomic mass is 35.5. The molecule has 0 saturated heterocycles. The molecule has 86 valence electrons. The van der Waals surface area contributed by atoms with Gasteiger partial charge in [-0.15, -0.1) is 0 Å². The molecule has 1 aliphatic heterocycles. The van der Waals surface area contributed by atoms with E-state index in [1.807, 2.05) is 0 Å². The molecule has 0 saturated carbocycles. The zero-order valence-electron chi connectivity index (χ0n) is 7.51. The van der Waals surface area contributed by atoms with E-state index in [1.165, 1.54) is 6.07 Å². The van der Waals surface area contributed by atoms with E-state index in [4.69, 9.17) is 11.6 Å². The minimum absolute atomic E-state index is 0.0280. The van der Waals surface area contributed by atoms with Crippen LogP contribution in [0, 0.1) is 0 Å². The molecule has 1 heterocycles. The lowest BCUT2D eigenvalue weighted by molar-refractivity contribution is -0.258. The van der Waals surface area contributed by atoms with Gasteiger partial charge >= 0.3 is 12.1 Å². The normalized spacial score (nSPS) is 24.2. The van der Waals surface area contributed by atoms with Crippen LogP contribution in [0.15, 0.2) is 18.2 Å². The quantitative estimate of drug-likeness (QED) is 0.567. The van der Waals surface area contributed by atoms with Gasteiger partial charge in [0.25, 0.3) is 5.60 Å². The standard InChI is InChI=1S/C9H4ClF3O3/c10-4-1-2-6-5(3-4)8(15,7(14)16-6)9(11,12)13/h1-3,15H. The maximum atomic E-state index is 12.6. The number of ether oxygens (including phenoxy) is 1. The average Bonchev–Trinajstić information content (AvgIpc) is 2.41. The summed E-state index contributed by atoms with van der Waals surface area (Å²) in [5, 5.41) is 9.39. The molecular formula is C9H4ClF3O3. The first kappa shape index (κ1) is 11.2. The molecule has 0 radical (unpaired) electrons. The molecule has 0 fully saturated rings. The first-order valence-corrected chi connectivity index (χ1v) is 4.46. The summed E-state index contributed by atoms with van der Waals surface area (Å²) in [5.41, 5.74) is -4.31. The van der Waals surface area contributed by atoms with Crippen LogP contribution in [0.1, 0.15) is 5.56 Å². The molecule has 1 aromatic carbocycles. The highest BCUT2D eigenvalue weighted by Gasteiger charge is 2.66. The van der Waals surface area contributed by atoms with Crippen molar-refractivity contribution in [2.24, 2.45) is 0 Å². The highest BCUT2D eigenvalue weighted by Crippen LogP contribution is 2.48. The van der Waals surface area contributed by atoms with Crippen LogP contribution in [-0.2, 0) is 10.4 Å². The SMILES string of the molecule is O=C1Oc2ccc(Cl)cc2C1(O)C(F)(F)F. The van der Waals surface area contributed by atoms with Crippen molar-refractivity contribution >= 4 is 17.6 Å². The molecule has 1 aliphatic rings. The van der Waals surface area contributed by atoms with Crippen molar-refractivity contribution in [1.82, 2.24) is 0 Å². The number of alkyl halides is 3. The molecule has 16 heavy (non-hydrogen) atoms. The van der Waals surface area contributed by atoms with Gasteiger partial charge in [-0.3, -0.25) is 0 Å². The second kappa shape index (κ2) is 3.11. The number of rotatable bonds is 0. The largest absolute Gasteiger partial charge is 0.432 e. The summed E-state index contributed by atoms with van der Waals surface area (Å²) in [5.74, 6) is -2.11. The van der Waals surface area contributed by atoms with Crippen LogP contribution < -0.4 is 4.74 Å². The molecule has 1 atom stereocenters. The second-order valence-corrected chi connectivity index (χ2v) is 3.67. The number of carbonyl (C=O) groups is 1. The molecule has 0 aliphatic carbocycles. The summed E-state index contributed by atoms with van der Waals surface area (Å²) in [7, 11) is 0. The molecule has 0 spiro atoms. The lowest BCUT2D eigenvalue weighted by atomic mass is 9.95. The summed E-state index contributed by atoms with van der Waals surface area (Å²) >= 11 is 5.50. The molecule has 2 rings (SSSR count). The van der Waals surface area contributed by atoms with E-state index in [1.54, 1.807) is 0 Å². The smallest absolute Gasteiger partial charge is 0.423 e. The van der Waals surface area contributed by atoms with E-state index in [0.29, 0.717) is 0 Å². The van der Waals surface area contributed by atoms with Gasteiger partial charge in [0.05, 0.1) is 0 Å². The Morgan fingerprint density at radius 1 is 1.38 bits per heavy atom. The van der Waals surface area contributed by atoms with E-state index < -0.39 is 23.3 Å². The lowest BCUT2D eigenvalue weighted by Crippen LogP contribution is -2.47. The molecule has 1 unspecified atom stereocenters. The van der Waals surface area contributed by atoms with Gasteiger partial charge in [0, 0.05) is 10.6 Å². The fraction of sp³-hybridized carbons (Fsp3) is 0.222. The molecule has 1 N–H and O–H groups in total. The molecular weight excluding hydrogens is 249 g/mol. The summed E-state index contributed by atoms with van der Waals surface area (Å²) < 4.78 is 42.2. The topological polar surface area (TPSA) is 46.5 Å². The molecule has 0 amide bonds. The van der Waals surface area contributed by atoms with Crippen LogP contribution in [0.3, 0.4) is 0 Å². The van der Waals surface area contributed by atoms with Crippen LogP contribution in [0.5, 0.6) is 5.75 Å². The average molecular weight is 253 g/mol. The van der Waals surface area contributed by atoms with E-state index in [-0.39, 0.29) is 10.8 Å². The Bertz CT molecular complexity index is 472. The minimum atomic E-state index is -5.15. The maximum Gasteiger partial charge on any atom is 0.432 e. The fourth-order valence-corrected chi connectivity index (χ4v) is 1.60. The molecule has 0 bridgehead atoms. The number of carbonyl (C=O) groups excluding carboxylic acids is 1. The predicted octanol–water partition coefficient (Wildman–Crippen LogP) is 2.01. The van der Waals surface area contributed by atoms with Crippen LogP contribution in [0.2, 0.25) is 5.02 Å². The zero-order valence-corrected chi connectivity index (χ0v) is 8.26. The third kappa shape index (κ3) is 1.30. The Labute approximate surface area is 92.4 Å². The van der Waals surface area contributed by atoms with Crippen molar-refractivity contribution in [2.45, 2.75) is 11.8 Å². The van der Waals surface area contributed by atoms with Crippen molar-refractivity contribution in [3.8, 4) is 5.75 Å². The monoisotopic (exact) mass is 252 g/mol. The van der Waals surface area contributed by atoms with Crippen molar-refractivity contribution in [3.05, 3.63) is 28.8 Å². The Hall–Kier alpha value is -1.27. The van der Waals surface area contributed by atoms with Gasteiger partial charge < -0.3 is 9.84 Å². The van der Waals surface area contributed by atoms with Gasteiger partial charge in [-0.25, -0.2) is 4.79 Å². The molecule has 7 heteroatoms. The fourth-order valence-electron chi connectivity index (χ4n) is 1.43. The van der Waals surface area contributed by atoms with Gasteiger partial charge in [0.15, 0.2) is 0 Å². The number of fused-ring (bicyclic) bond motifs is 1. The summed E-state index contributed by atoms with van der Waals surface area (Å²) in [6.45, 7) is 0. The van der Waals surface area contributed by atoms with Crippen molar-refractivity contribution < 1.29 is 27.8 Å². The molecule has 3 nitrogen and oxygen atoms in total. The van der Waals surface area contributed by atoms with E-state index in [2.05, 4.69) is 4.74 Å². The Morgan fingerprint density at radius 3 is 2.56 bits per heavy atom. The first-order valence-electron chi connectivity index (χ1n) is 4.08. The third-order valence-corrected chi connectivity index (χ3v) is 2.47. The lowest BCUT2D eigenvalue weighted by Gasteiger charge is -2.22. The van der Waals surface area contributed by atoms with Crippen LogP contribution in [-0.4, -0.2) is 17.3 Å². The van der Waals surface area contributed by atoms with E-state index in [0.717, 1.165) is 12.1 Å². The zero-order chi connectivity index (χ0) is 12.1. The van der Waals surface area contributed by atoms with Crippen molar-refractivity contribution in [2.75, 3.05) is 0 Å². The van der Waals surface area contributed by atoms with Crippen molar-refractivity contribution in [3.63, 3.8) is 0 Å². The first-order chi connectivity index (χ1) is 7.26. The van der Waals surface area contributed by atoms with Crippen molar-refractivity contribution in [1.29, 1.82) is 0 Å². The molecule has 0 aromatic heterocycles. The minimum Gasteiger partial charge on any atom is -0.423 e. The van der Waals surface area contributed by atoms with Gasteiger partial charge in [-0.2, -0.15) is 13.2 Å². The number of aliphatic hydroxyl groups is 1. The van der Waals surface area contributed by atoms with Crippen LogP contribution >= 0.6 is 11.6 Å². The Balaban J connectivity index is 2.67. The van der Waals surface area contributed by atoms with Crippen LogP contribution in [0.25, 0.3) is 0 Å². The summed E-state index contributed by atoms with van der Waals surface area (Å²) in [6, 6.07) is 3.21. The number of esters is 1. The van der Waals surface area contributed by atoms with Gasteiger partial charge in [0.1, 0.15) is 5.75 Å². The number of hydrogen-bond acceptors (Lipinski definition) is 3. The Kier molecular flexibility index (Phi) is 2.18. The van der Waals surface area contributed by atoms with Gasteiger partial charge in [-0.1, -0.05) is 11.6 Å². The summed E-state index contributed by atoms with van der Waals surface area (Å²) in [6.07, 6.45) is -5.15. The predicted molar refractivity (Wildman–Crippen MR) is 47.0 cm³/mol. The van der Waals surface area contributed by atoms with E-state index >= 15 is 0 Å². The number of hydrogen-bond donors (Lipinski definition) is 1. The maximum absolute atomic E-state index is 12.6. The van der Waals surface area contributed by atoms with E-state index in [9.17, 15) is 23.1 Å². The second-order valence-electron chi connectivity index (χ2n) is 3.24. The van der Waals surface area contributed by atoms with Gasteiger partial charge in [0.2, 0.25) is 0 Å². The van der Waals surface area contributed by atoms with Gasteiger partial charge in [-0.05, 0) is 18.2 Å². The highest BCUT2D eigenvalue weighted by molar-refractivity contribution is 6.30. The number of benzene rings is 1. The number of halogens is 4. The third-order valence-electron chi connectivity index (χ3n) is 2.24. The van der Waals surface area contributed by atoms with Crippen LogP contribution in [0.4, 0.5) is 13.2 Å². The summed E-state index contributed by atoms with van der Waals surface area (Å²) in [4.78, 5) is 11.1. The Morgan fingerprint density at radius 2 is 2.00 bits per heavy atom. The molecule has 1 aromatic rings.